The van der Waals surface area contributed by atoms with E-state index in [-0.39, 0.29) is 24.8 Å². The molecule has 1 saturated heterocycles. The molecule has 7 heteroatoms. The van der Waals surface area contributed by atoms with Gasteiger partial charge in [0.1, 0.15) is 16.6 Å². The maximum atomic E-state index is 12.2. The molecule has 1 aliphatic heterocycles. The number of benzene rings is 1. The number of carbonyl (C=O) groups is 2. The molecule has 1 aromatic carbocycles. The summed E-state index contributed by atoms with van der Waals surface area (Å²) in [6.45, 7) is 1.79. The second kappa shape index (κ2) is 6.73. The second-order valence-electron chi connectivity index (χ2n) is 4.16. The van der Waals surface area contributed by atoms with Crippen LogP contribution in [0.2, 0.25) is 0 Å². The SMILES string of the molecule is CCOC(=O)CN1C(=O)C(=Cc2ccc(O)cc2)SC1=S. The van der Waals surface area contributed by atoms with Gasteiger partial charge in [-0.3, -0.25) is 14.5 Å². The summed E-state index contributed by atoms with van der Waals surface area (Å²) in [6.07, 6.45) is 1.67. The van der Waals surface area contributed by atoms with Crippen molar-refractivity contribution in [1.82, 2.24) is 4.90 Å². The van der Waals surface area contributed by atoms with E-state index in [1.807, 2.05) is 0 Å². The summed E-state index contributed by atoms with van der Waals surface area (Å²) < 4.78 is 5.15. The standard InChI is InChI=1S/C14H13NO4S2/c1-2-19-12(17)8-15-13(18)11(21-14(15)20)7-9-3-5-10(16)6-4-9/h3-7,16H,2,8H2,1H3. The Morgan fingerprint density at radius 1 is 1.43 bits per heavy atom. The fraction of sp³-hybridized carbons (Fsp3) is 0.214. The summed E-state index contributed by atoms with van der Waals surface area (Å²) in [7, 11) is 0. The van der Waals surface area contributed by atoms with Crippen molar-refractivity contribution in [3.05, 3.63) is 34.7 Å². The predicted octanol–water partition coefficient (Wildman–Crippen LogP) is 2.16. The number of rotatable bonds is 4. The molecule has 5 nitrogen and oxygen atoms in total. The van der Waals surface area contributed by atoms with E-state index < -0.39 is 5.97 Å². The summed E-state index contributed by atoms with van der Waals surface area (Å²) in [6, 6.07) is 6.44. The van der Waals surface area contributed by atoms with Gasteiger partial charge < -0.3 is 9.84 Å². The van der Waals surface area contributed by atoms with E-state index in [0.29, 0.717) is 9.23 Å². The molecule has 0 spiro atoms. The maximum absolute atomic E-state index is 12.2. The number of carbonyl (C=O) groups excluding carboxylic acids is 2. The average Bonchev–Trinajstić information content (AvgIpc) is 2.69. The zero-order valence-electron chi connectivity index (χ0n) is 11.2. The van der Waals surface area contributed by atoms with Gasteiger partial charge in [0, 0.05) is 0 Å². The predicted molar refractivity (Wildman–Crippen MR) is 84.6 cm³/mol. The fourth-order valence-corrected chi connectivity index (χ4v) is 2.95. The third-order valence-electron chi connectivity index (χ3n) is 2.66. The monoisotopic (exact) mass is 323 g/mol. The molecule has 1 fully saturated rings. The van der Waals surface area contributed by atoms with Crippen LogP contribution in [0.3, 0.4) is 0 Å². The van der Waals surface area contributed by atoms with E-state index in [0.717, 1.165) is 17.3 Å². The van der Waals surface area contributed by atoms with Crippen LogP contribution < -0.4 is 0 Å². The number of esters is 1. The summed E-state index contributed by atoms with van der Waals surface area (Å²) in [5.74, 6) is -0.646. The highest BCUT2D eigenvalue weighted by atomic mass is 32.2. The van der Waals surface area contributed by atoms with E-state index >= 15 is 0 Å². The fourth-order valence-electron chi connectivity index (χ4n) is 1.69. The van der Waals surface area contributed by atoms with Crippen molar-refractivity contribution < 1.29 is 19.4 Å². The van der Waals surface area contributed by atoms with Crippen molar-refractivity contribution in [3.63, 3.8) is 0 Å². The molecule has 1 aromatic rings. The lowest BCUT2D eigenvalue weighted by molar-refractivity contribution is -0.145. The van der Waals surface area contributed by atoms with Gasteiger partial charge in [-0.25, -0.2) is 0 Å². The first kappa shape index (κ1) is 15.5. The molecule has 21 heavy (non-hydrogen) atoms. The van der Waals surface area contributed by atoms with Gasteiger partial charge in [-0.2, -0.15) is 0 Å². The van der Waals surface area contributed by atoms with Crippen molar-refractivity contribution in [2.24, 2.45) is 0 Å². The molecule has 2 rings (SSSR count). The molecule has 0 aliphatic carbocycles. The Labute approximate surface area is 131 Å². The molecule has 0 radical (unpaired) electrons. The van der Waals surface area contributed by atoms with Crippen LogP contribution in [0, 0.1) is 0 Å². The number of amides is 1. The van der Waals surface area contributed by atoms with Gasteiger partial charge in [0.25, 0.3) is 5.91 Å². The molecule has 0 saturated carbocycles. The minimum atomic E-state index is -0.486. The molecule has 0 bridgehead atoms. The minimum absolute atomic E-state index is 0.155. The van der Waals surface area contributed by atoms with Crippen LogP contribution in [-0.2, 0) is 14.3 Å². The Kier molecular flexibility index (Phi) is 4.98. The first-order valence-corrected chi connectivity index (χ1v) is 7.43. The minimum Gasteiger partial charge on any atom is -0.508 e. The van der Waals surface area contributed by atoms with Crippen LogP contribution in [0.15, 0.2) is 29.2 Å². The van der Waals surface area contributed by atoms with E-state index in [2.05, 4.69) is 0 Å². The number of thioether (sulfide) groups is 1. The second-order valence-corrected chi connectivity index (χ2v) is 5.84. The maximum Gasteiger partial charge on any atom is 0.326 e. The zero-order valence-corrected chi connectivity index (χ0v) is 12.9. The topological polar surface area (TPSA) is 66.8 Å². The first-order chi connectivity index (χ1) is 10.0. The highest BCUT2D eigenvalue weighted by Gasteiger charge is 2.33. The number of ether oxygens (including phenoxy) is 1. The zero-order chi connectivity index (χ0) is 15.4. The van der Waals surface area contributed by atoms with Gasteiger partial charge in [0.15, 0.2) is 0 Å². The molecule has 0 aromatic heterocycles. The summed E-state index contributed by atoms with van der Waals surface area (Å²) in [5.41, 5.74) is 0.768. The number of nitrogens with zero attached hydrogens (tertiary/aromatic N) is 1. The Balaban J connectivity index is 2.13. The van der Waals surface area contributed by atoms with Crippen LogP contribution >= 0.6 is 24.0 Å². The lowest BCUT2D eigenvalue weighted by atomic mass is 10.2. The molecule has 0 atom stereocenters. The molecule has 1 amide bonds. The van der Waals surface area contributed by atoms with Gasteiger partial charge in [0.05, 0.1) is 11.5 Å². The van der Waals surface area contributed by atoms with Gasteiger partial charge in [-0.1, -0.05) is 36.1 Å². The van der Waals surface area contributed by atoms with Crippen molar-refractivity contribution in [3.8, 4) is 5.75 Å². The van der Waals surface area contributed by atoms with Crippen LogP contribution in [-0.4, -0.2) is 39.4 Å². The molecule has 1 heterocycles. The number of hydrogen-bond donors (Lipinski definition) is 1. The van der Waals surface area contributed by atoms with Crippen LogP contribution in [0.1, 0.15) is 12.5 Å². The number of aromatic hydroxyl groups is 1. The van der Waals surface area contributed by atoms with Crippen molar-refractivity contribution in [1.29, 1.82) is 0 Å². The van der Waals surface area contributed by atoms with Crippen molar-refractivity contribution in [2.75, 3.05) is 13.2 Å². The van der Waals surface area contributed by atoms with Gasteiger partial charge in [-0.15, -0.1) is 0 Å². The number of phenolic OH excluding ortho intramolecular Hbond substituents is 1. The molecule has 110 valence electrons. The van der Waals surface area contributed by atoms with E-state index in [4.69, 9.17) is 17.0 Å². The third-order valence-corrected chi connectivity index (χ3v) is 4.03. The normalized spacial score (nSPS) is 16.6. The van der Waals surface area contributed by atoms with Crippen LogP contribution in [0.4, 0.5) is 0 Å². The molecule has 1 aliphatic rings. The number of phenols is 1. The van der Waals surface area contributed by atoms with Gasteiger partial charge in [0.2, 0.25) is 0 Å². The quantitative estimate of drug-likeness (QED) is 0.520. The molecule has 0 unspecified atom stereocenters. The summed E-state index contributed by atoms with van der Waals surface area (Å²) in [5, 5.41) is 9.23. The Morgan fingerprint density at radius 3 is 2.71 bits per heavy atom. The van der Waals surface area contributed by atoms with Gasteiger partial charge >= 0.3 is 5.97 Å². The Hall–Kier alpha value is -1.86. The lowest BCUT2D eigenvalue weighted by Crippen LogP contribution is -2.34. The van der Waals surface area contributed by atoms with E-state index in [1.54, 1.807) is 25.1 Å². The highest BCUT2D eigenvalue weighted by molar-refractivity contribution is 8.26. The van der Waals surface area contributed by atoms with E-state index in [9.17, 15) is 14.7 Å². The van der Waals surface area contributed by atoms with Crippen molar-refractivity contribution >= 4 is 46.3 Å². The Bertz CT molecular complexity index is 610. The van der Waals surface area contributed by atoms with Crippen molar-refractivity contribution in [2.45, 2.75) is 6.92 Å². The smallest absolute Gasteiger partial charge is 0.326 e. The number of hydrogen-bond acceptors (Lipinski definition) is 6. The molecular weight excluding hydrogens is 310 g/mol. The number of thiocarbonyl (C=S) groups is 1. The van der Waals surface area contributed by atoms with E-state index in [1.165, 1.54) is 17.0 Å². The van der Waals surface area contributed by atoms with Gasteiger partial charge in [-0.05, 0) is 30.7 Å². The first-order valence-electron chi connectivity index (χ1n) is 6.21. The third kappa shape index (κ3) is 3.83. The summed E-state index contributed by atoms with van der Waals surface area (Å²) >= 11 is 6.25. The average molecular weight is 323 g/mol. The van der Waals surface area contributed by atoms with Crippen LogP contribution in [0.5, 0.6) is 5.75 Å². The molecule has 1 N–H and O–H groups in total. The summed E-state index contributed by atoms with van der Waals surface area (Å²) in [4.78, 5) is 25.3. The lowest BCUT2D eigenvalue weighted by Gasteiger charge is -2.12. The van der Waals surface area contributed by atoms with Crippen LogP contribution in [0.25, 0.3) is 6.08 Å². The Morgan fingerprint density at radius 2 is 2.10 bits per heavy atom. The highest BCUT2D eigenvalue weighted by Crippen LogP contribution is 2.32. The largest absolute Gasteiger partial charge is 0.508 e. The molecular formula is C14H13NO4S2.